The van der Waals surface area contributed by atoms with Gasteiger partial charge in [0.25, 0.3) is 5.56 Å². The van der Waals surface area contributed by atoms with Crippen molar-refractivity contribution in [2.45, 2.75) is 148 Å². The molecule has 15 heteroatoms. The van der Waals surface area contributed by atoms with Crippen LogP contribution in [-0.4, -0.2) is 147 Å². The number of aromatic amines is 1. The van der Waals surface area contributed by atoms with E-state index in [1.807, 2.05) is 60.5 Å². The number of piperidine rings is 2. The molecule has 2 aromatic carbocycles. The summed E-state index contributed by atoms with van der Waals surface area (Å²) < 4.78 is 14.0. The Morgan fingerprint density at radius 3 is 2.28 bits per heavy atom. The maximum Gasteiger partial charge on any atom is 0.323 e. The van der Waals surface area contributed by atoms with Crippen LogP contribution in [0.25, 0.3) is 21.8 Å². The molecule has 0 radical (unpaired) electrons. The van der Waals surface area contributed by atoms with E-state index in [0.717, 1.165) is 142 Å². The smallest absolute Gasteiger partial charge is 0.323 e. The number of H-pyrrole nitrogens is 1. The monoisotopic (exact) mass is 949 g/mol. The van der Waals surface area contributed by atoms with Gasteiger partial charge in [0.1, 0.15) is 12.8 Å². The largest absolute Gasteiger partial charge is 0.444 e. The summed E-state index contributed by atoms with van der Waals surface area (Å²) in [5.41, 5.74) is 3.29. The van der Waals surface area contributed by atoms with Crippen LogP contribution in [0, 0.1) is 17.8 Å². The summed E-state index contributed by atoms with van der Waals surface area (Å²) in [6.07, 6.45) is 13.8. The molecule has 4 aromatic rings. The molecule has 0 spiro atoms. The molecule has 2 atom stereocenters. The first-order valence-electron chi connectivity index (χ1n) is 26.2. The predicted molar refractivity (Wildman–Crippen MR) is 266 cm³/mol. The third-order valence-corrected chi connectivity index (χ3v) is 16.5. The average molecular weight is 949 g/mol. The number of carbonyl (C=O) groups excluding carboxylic acids is 3. The van der Waals surface area contributed by atoms with Gasteiger partial charge in [0, 0.05) is 79.8 Å². The molecule has 1 unspecified atom stereocenters. The minimum atomic E-state index is -0.963. The lowest BCUT2D eigenvalue weighted by atomic mass is 9.89. The standard InChI is InChI=1S/C54H76N8O7/c1-5-7-17-53(19-20-53)50(65)68-36-61-35-42-32-39(31-38(3)47(42)56-61)33-46(49(64)59-29-27-58(28-30-59)43-15-23-57(4)24-16-43)62(37-69-51(66)54(21-22-54)18-8-6-2)52(67)60-25-13-40(14-26-60)44-34-41-11-9-10-12-45(41)55-48(44)63/h9-12,31-32,34-35,40,43,46,50,65H,5-8,13-30,33,36-37H2,1-4H3,(H,55,63)/t46-,50?/m1/s1. The number of hydrogen-bond donors (Lipinski definition) is 2. The van der Waals surface area contributed by atoms with E-state index in [1.165, 1.54) is 4.90 Å². The number of aromatic nitrogens is 3. The van der Waals surface area contributed by atoms with Crippen LogP contribution in [0.2, 0.25) is 0 Å². The zero-order valence-corrected chi connectivity index (χ0v) is 41.6. The highest BCUT2D eigenvalue weighted by Crippen LogP contribution is 2.53. The van der Waals surface area contributed by atoms with Gasteiger partial charge in [-0.25, -0.2) is 9.48 Å². The van der Waals surface area contributed by atoms with Crippen molar-refractivity contribution in [3.8, 4) is 0 Å². The minimum Gasteiger partial charge on any atom is -0.444 e. The second kappa shape index (κ2) is 21.3. The van der Waals surface area contributed by atoms with E-state index < -0.39 is 17.7 Å². The predicted octanol–water partition coefficient (Wildman–Crippen LogP) is 7.37. The van der Waals surface area contributed by atoms with Crippen LogP contribution < -0.4 is 5.56 Å². The maximum absolute atomic E-state index is 15.3. The van der Waals surface area contributed by atoms with E-state index in [-0.39, 0.29) is 54.7 Å². The number of rotatable bonds is 19. The summed E-state index contributed by atoms with van der Waals surface area (Å²) in [5, 5.41) is 17.7. The summed E-state index contributed by atoms with van der Waals surface area (Å²) in [7, 11) is 2.17. The Bertz CT molecular complexity index is 2490. The number of aliphatic hydroxyl groups is 1. The number of benzene rings is 2. The molecule has 374 valence electrons. The van der Waals surface area contributed by atoms with Crippen molar-refractivity contribution >= 4 is 39.7 Å². The highest BCUT2D eigenvalue weighted by atomic mass is 16.6. The highest BCUT2D eigenvalue weighted by Gasteiger charge is 2.51. The number of nitrogens with one attached hydrogen (secondary N) is 1. The highest BCUT2D eigenvalue weighted by molar-refractivity contribution is 5.89. The summed E-state index contributed by atoms with van der Waals surface area (Å²) in [5.74, 6) is -0.489. The van der Waals surface area contributed by atoms with Gasteiger partial charge in [-0.3, -0.25) is 24.2 Å². The van der Waals surface area contributed by atoms with E-state index in [1.54, 1.807) is 9.58 Å². The van der Waals surface area contributed by atoms with Gasteiger partial charge in [-0.15, -0.1) is 0 Å². The number of para-hydroxylation sites is 1. The average Bonchev–Trinajstić information content (AvgIpc) is 4.30. The van der Waals surface area contributed by atoms with Crippen molar-refractivity contribution in [3.63, 3.8) is 0 Å². The van der Waals surface area contributed by atoms with Crippen LogP contribution in [0.5, 0.6) is 0 Å². The number of esters is 1. The second-order valence-corrected chi connectivity index (χ2v) is 21.3. The Labute approximate surface area is 407 Å². The molecule has 2 aromatic heterocycles. The zero-order valence-electron chi connectivity index (χ0n) is 41.6. The van der Waals surface area contributed by atoms with Crippen LogP contribution in [-0.2, 0) is 32.2 Å². The molecule has 2 aliphatic carbocycles. The number of aryl methyl sites for hydroxylation is 1. The molecule has 5 fully saturated rings. The number of likely N-dealkylation sites (tertiary alicyclic amines) is 2. The van der Waals surface area contributed by atoms with Crippen LogP contribution in [0.1, 0.15) is 126 Å². The topological polar surface area (TPSA) is 157 Å². The normalized spacial score (nSPS) is 20.8. The fraction of sp³-hybridized carbons (Fsp3) is 0.648. The molecular formula is C54H76N8O7. The summed E-state index contributed by atoms with van der Waals surface area (Å²) in [4.78, 5) is 71.1. The third kappa shape index (κ3) is 11.1. The number of aliphatic hydroxyl groups excluding tert-OH is 1. The summed E-state index contributed by atoms with van der Waals surface area (Å²) >= 11 is 0. The lowest BCUT2D eigenvalue weighted by Crippen LogP contribution is -2.60. The number of hydrogen-bond acceptors (Lipinski definition) is 10. The van der Waals surface area contributed by atoms with E-state index in [0.29, 0.717) is 45.1 Å². The molecule has 15 nitrogen and oxygen atoms in total. The number of carbonyl (C=O) groups is 3. The molecule has 69 heavy (non-hydrogen) atoms. The number of ether oxygens (including phenoxy) is 2. The first-order chi connectivity index (χ1) is 33.4. The van der Waals surface area contributed by atoms with Crippen molar-refractivity contribution in [2.75, 3.05) is 66.1 Å². The van der Waals surface area contributed by atoms with Gasteiger partial charge in [-0.1, -0.05) is 63.8 Å². The zero-order chi connectivity index (χ0) is 48.3. The second-order valence-electron chi connectivity index (χ2n) is 21.3. The first kappa shape index (κ1) is 49.2. The maximum atomic E-state index is 15.3. The Morgan fingerprint density at radius 2 is 1.58 bits per heavy atom. The third-order valence-electron chi connectivity index (χ3n) is 16.5. The van der Waals surface area contributed by atoms with Crippen LogP contribution in [0.3, 0.4) is 0 Å². The minimum absolute atomic E-state index is 0.0413. The van der Waals surface area contributed by atoms with Gasteiger partial charge in [-0.2, -0.15) is 5.10 Å². The van der Waals surface area contributed by atoms with Crippen molar-refractivity contribution in [2.24, 2.45) is 10.8 Å². The lowest BCUT2D eigenvalue weighted by molar-refractivity contribution is -0.169. The number of amides is 3. The molecule has 5 aliphatic rings. The molecule has 2 saturated carbocycles. The van der Waals surface area contributed by atoms with Crippen molar-refractivity contribution < 1.29 is 29.0 Å². The van der Waals surface area contributed by atoms with E-state index >= 15 is 9.59 Å². The first-order valence-corrected chi connectivity index (χ1v) is 26.2. The van der Waals surface area contributed by atoms with Crippen LogP contribution in [0.15, 0.2) is 53.5 Å². The molecule has 3 amide bonds. The number of unbranched alkanes of at least 4 members (excludes halogenated alkanes) is 2. The van der Waals surface area contributed by atoms with Crippen LogP contribution in [0.4, 0.5) is 4.79 Å². The van der Waals surface area contributed by atoms with Gasteiger partial charge < -0.3 is 34.3 Å². The Morgan fingerprint density at radius 1 is 0.870 bits per heavy atom. The molecule has 3 saturated heterocycles. The number of piperazine rings is 1. The molecule has 2 N–H and O–H groups in total. The van der Waals surface area contributed by atoms with E-state index in [4.69, 9.17) is 14.6 Å². The number of pyridine rings is 1. The fourth-order valence-electron chi connectivity index (χ4n) is 11.5. The fourth-order valence-corrected chi connectivity index (χ4v) is 11.5. The van der Waals surface area contributed by atoms with Crippen molar-refractivity contribution in [3.05, 3.63) is 75.7 Å². The number of fused-ring (bicyclic) bond motifs is 2. The summed E-state index contributed by atoms with van der Waals surface area (Å²) in [6.45, 7) is 11.6. The number of nitrogens with zero attached hydrogens (tertiary/aromatic N) is 7. The van der Waals surface area contributed by atoms with Crippen molar-refractivity contribution in [1.29, 1.82) is 0 Å². The Kier molecular flexibility index (Phi) is 15.1. The van der Waals surface area contributed by atoms with Gasteiger partial charge in [0.05, 0.1) is 10.9 Å². The molecular weight excluding hydrogens is 873 g/mol. The Hall–Kier alpha value is -4.83. The van der Waals surface area contributed by atoms with Gasteiger partial charge in [-0.05, 0) is 132 Å². The summed E-state index contributed by atoms with van der Waals surface area (Å²) in [6, 6.07) is 13.0. The molecule has 0 bridgehead atoms. The SMILES string of the molecule is CCCCC1(C(=O)OCN(C(=O)N2CCC(c3cc4ccccc4[nH]c3=O)CC2)[C@H](Cc2cc(C)c3nn(COC(O)C4(CCCC)CC4)cc3c2)C(=O)N2CCN(C3CCN(C)CC3)CC2)CC1. The quantitative estimate of drug-likeness (QED) is 0.0719. The van der Waals surface area contributed by atoms with Crippen LogP contribution >= 0.6 is 0 Å². The molecule has 9 rings (SSSR count). The Balaban J connectivity index is 0.984. The lowest BCUT2D eigenvalue weighted by Gasteiger charge is -2.44. The van der Waals surface area contributed by atoms with Gasteiger partial charge in [0.2, 0.25) is 5.91 Å². The van der Waals surface area contributed by atoms with Crippen molar-refractivity contribution in [1.82, 2.24) is 39.3 Å². The van der Waals surface area contributed by atoms with E-state index in [9.17, 15) is 14.7 Å². The molecule has 3 aliphatic heterocycles. The molecule has 5 heterocycles. The van der Waals surface area contributed by atoms with Gasteiger partial charge >= 0.3 is 12.0 Å². The van der Waals surface area contributed by atoms with E-state index in [2.05, 4.69) is 35.7 Å². The van der Waals surface area contributed by atoms with Gasteiger partial charge in [0.15, 0.2) is 13.0 Å². The number of urea groups is 1.